The summed E-state index contributed by atoms with van der Waals surface area (Å²) >= 11 is 0. The fourth-order valence-electron chi connectivity index (χ4n) is 8.88. The number of benzene rings is 8. The zero-order valence-electron chi connectivity index (χ0n) is 33.9. The molecule has 11 aromatic rings. The third kappa shape index (κ3) is 6.12. The molecule has 294 valence electrons. The first-order valence-electron chi connectivity index (χ1n) is 20.5. The fraction of sp³-hybridized carbons (Fsp3) is 0. The van der Waals surface area contributed by atoms with Crippen LogP contribution in [-0.4, -0.2) is 19.1 Å². The van der Waals surface area contributed by atoms with Crippen LogP contribution in [0.2, 0.25) is 0 Å². The lowest BCUT2D eigenvalue weighted by Gasteiger charge is -2.15. The molecule has 3 heterocycles. The van der Waals surface area contributed by atoms with Crippen molar-refractivity contribution < 1.29 is 0 Å². The molecule has 0 aliphatic rings. The highest BCUT2D eigenvalue weighted by Crippen LogP contribution is 2.41. The van der Waals surface area contributed by atoms with E-state index in [2.05, 4.69) is 109 Å². The predicted molar refractivity (Wildman–Crippen MR) is 256 cm³/mol. The molecule has 8 heteroatoms. The van der Waals surface area contributed by atoms with Crippen LogP contribution < -0.4 is 0 Å². The van der Waals surface area contributed by atoms with E-state index < -0.39 is 0 Å². The first-order chi connectivity index (χ1) is 31.5. The Kier molecular flexibility index (Phi) is 8.85. The van der Waals surface area contributed by atoms with Gasteiger partial charge in [0.05, 0.1) is 70.5 Å². The predicted octanol–water partition coefficient (Wildman–Crippen LogP) is 14.9. The van der Waals surface area contributed by atoms with Gasteiger partial charge in [-0.1, -0.05) is 115 Å². The fourth-order valence-corrected chi connectivity index (χ4v) is 8.88. The summed E-state index contributed by atoms with van der Waals surface area (Å²) in [5.41, 5.74) is 12.6. The number of nitrogens with zero attached hydrogens (tertiary/aromatic N) is 8. The summed E-state index contributed by atoms with van der Waals surface area (Å²) in [6.07, 6.45) is 0. The van der Waals surface area contributed by atoms with E-state index in [0.29, 0.717) is 56.7 Å². The van der Waals surface area contributed by atoms with E-state index in [4.69, 9.17) is 29.7 Å². The molecule has 8 aromatic carbocycles. The van der Waals surface area contributed by atoms with E-state index in [-0.39, 0.29) is 0 Å². The molecule has 0 saturated carbocycles. The largest absolute Gasteiger partial charge is 0.319 e. The molecule has 0 fully saturated rings. The van der Waals surface area contributed by atoms with Gasteiger partial charge in [0, 0.05) is 38.4 Å². The summed E-state index contributed by atoms with van der Waals surface area (Å²) in [7, 11) is 0. The molecule has 0 spiro atoms. The van der Waals surface area contributed by atoms with E-state index in [1.165, 1.54) is 10.8 Å². The molecule has 0 unspecified atom stereocenters. The minimum atomic E-state index is 0.417. The summed E-state index contributed by atoms with van der Waals surface area (Å²) < 4.78 is 4.41. The third-order valence-electron chi connectivity index (χ3n) is 11.8. The highest BCUT2D eigenvalue weighted by molar-refractivity contribution is 6.12. The van der Waals surface area contributed by atoms with Gasteiger partial charge >= 0.3 is 0 Å². The van der Waals surface area contributed by atoms with E-state index in [0.717, 1.165) is 55.2 Å². The van der Waals surface area contributed by atoms with Crippen molar-refractivity contribution in [3.05, 3.63) is 222 Å². The molecular weight excluding hydrogens is 785 g/mol. The molecule has 0 amide bonds. The quantitative estimate of drug-likeness (QED) is 0.157. The highest BCUT2D eigenvalue weighted by atomic mass is 15.0. The molecule has 11 rings (SSSR count). The molecular formula is C56H30N8. The van der Waals surface area contributed by atoms with Gasteiger partial charge in [-0.25, -0.2) is 24.5 Å². The van der Waals surface area contributed by atoms with E-state index in [9.17, 15) is 5.26 Å². The van der Waals surface area contributed by atoms with Gasteiger partial charge in [0.15, 0.2) is 17.2 Å². The maximum atomic E-state index is 10.7. The number of para-hydroxylation sites is 3. The van der Waals surface area contributed by atoms with Crippen molar-refractivity contribution in [1.82, 2.24) is 19.1 Å². The SMILES string of the molecule is [C-]#[N+]c1cccc(-c2cc(-c3ccc(-c4cc([N+]#[C-])c(-n5c6ccccc6c6cc(-n7c8ccccc8c8ccccc87)ccc65)cc4C#N)cc3)nc(-c3cccc([N+]#[C-])c3)n2)c1. The molecule has 3 aromatic heterocycles. The number of aromatic nitrogens is 4. The van der Waals surface area contributed by atoms with Crippen LogP contribution in [0.5, 0.6) is 0 Å². The van der Waals surface area contributed by atoms with Gasteiger partial charge in [0.1, 0.15) is 0 Å². The van der Waals surface area contributed by atoms with Gasteiger partial charge < -0.3 is 9.13 Å². The molecule has 0 N–H and O–H groups in total. The van der Waals surface area contributed by atoms with E-state index >= 15 is 0 Å². The standard InChI is InChI=1S/C56H30N8/c1-58-40-14-10-12-37(28-40)49-33-48(61-56(62-49)38-13-11-15-41(29-38)59-2)36-24-22-35(23-25-36)46-32-50(60-3)55(30-39(46)34-57)64-53-21-9-6-18-45(53)47-31-42(26-27-54(47)64)63-51-19-7-4-16-43(51)44-17-5-8-20-52(44)63/h4-33H. The second kappa shape index (κ2) is 15.1. The number of nitriles is 1. The van der Waals surface area contributed by atoms with E-state index in [1.54, 1.807) is 24.3 Å². The Hall–Kier alpha value is -9.60. The summed E-state index contributed by atoms with van der Waals surface area (Å²) in [6.45, 7) is 23.5. The molecule has 64 heavy (non-hydrogen) atoms. The van der Waals surface area contributed by atoms with Crippen molar-refractivity contribution in [3.63, 3.8) is 0 Å². The smallest absolute Gasteiger partial charge is 0.211 e. The maximum Gasteiger partial charge on any atom is 0.211 e. The Morgan fingerprint density at radius 3 is 1.61 bits per heavy atom. The molecule has 0 saturated heterocycles. The van der Waals surface area contributed by atoms with E-state index in [1.807, 2.05) is 78.9 Å². The van der Waals surface area contributed by atoms with Crippen LogP contribution in [0.25, 0.3) is 115 Å². The molecule has 8 nitrogen and oxygen atoms in total. The molecule has 0 radical (unpaired) electrons. The number of fused-ring (bicyclic) bond motifs is 6. The van der Waals surface area contributed by atoms with Crippen LogP contribution >= 0.6 is 0 Å². The van der Waals surface area contributed by atoms with Gasteiger partial charge in [0.2, 0.25) is 5.69 Å². The minimum Gasteiger partial charge on any atom is -0.319 e. The number of hydrogen-bond acceptors (Lipinski definition) is 3. The van der Waals surface area contributed by atoms with Crippen molar-refractivity contribution in [2.45, 2.75) is 0 Å². The number of rotatable bonds is 6. The van der Waals surface area contributed by atoms with Crippen molar-refractivity contribution in [1.29, 1.82) is 5.26 Å². The topological polar surface area (TPSA) is 72.5 Å². The lowest BCUT2D eigenvalue weighted by atomic mass is 9.96. The van der Waals surface area contributed by atoms with Gasteiger partial charge in [0.25, 0.3) is 0 Å². The van der Waals surface area contributed by atoms with Gasteiger partial charge in [-0.3, -0.25) is 0 Å². The second-order valence-electron chi connectivity index (χ2n) is 15.4. The molecule has 0 atom stereocenters. The van der Waals surface area contributed by atoms with Crippen LogP contribution in [-0.2, 0) is 0 Å². The van der Waals surface area contributed by atoms with Crippen molar-refractivity contribution >= 4 is 60.7 Å². The molecule has 0 aliphatic carbocycles. The molecule has 0 aliphatic heterocycles. The zero-order valence-corrected chi connectivity index (χ0v) is 33.9. The van der Waals surface area contributed by atoms with Crippen molar-refractivity contribution in [2.24, 2.45) is 0 Å². The van der Waals surface area contributed by atoms with Gasteiger partial charge in [-0.2, -0.15) is 5.26 Å². The Morgan fingerprint density at radius 2 is 0.984 bits per heavy atom. The lowest BCUT2D eigenvalue weighted by molar-refractivity contribution is 1.17. The zero-order chi connectivity index (χ0) is 43.3. The average molecular weight is 815 g/mol. The first-order valence-corrected chi connectivity index (χ1v) is 20.5. The first kappa shape index (κ1) is 37.4. The lowest BCUT2D eigenvalue weighted by Crippen LogP contribution is -1.98. The van der Waals surface area contributed by atoms with Gasteiger partial charge in [-0.05, 0) is 83.4 Å². The Morgan fingerprint density at radius 1 is 0.438 bits per heavy atom. The number of hydrogen-bond donors (Lipinski definition) is 0. The average Bonchev–Trinajstić information content (AvgIpc) is 3.88. The van der Waals surface area contributed by atoms with Crippen LogP contribution in [0.1, 0.15) is 5.56 Å². The Bertz CT molecular complexity index is 3770. The minimum absolute atomic E-state index is 0.417. The summed E-state index contributed by atoms with van der Waals surface area (Å²) in [5, 5.41) is 15.2. The monoisotopic (exact) mass is 814 g/mol. The molecule has 0 bridgehead atoms. The Labute approximate surface area is 367 Å². The maximum absolute atomic E-state index is 10.7. The summed E-state index contributed by atoms with van der Waals surface area (Å²) in [6, 6.07) is 61.9. The Balaban J connectivity index is 1.01. The van der Waals surface area contributed by atoms with Crippen LogP contribution in [0.4, 0.5) is 17.1 Å². The van der Waals surface area contributed by atoms with Crippen LogP contribution in [0.15, 0.2) is 182 Å². The summed E-state index contributed by atoms with van der Waals surface area (Å²) in [5.74, 6) is 0.451. The van der Waals surface area contributed by atoms with Crippen molar-refractivity contribution in [2.75, 3.05) is 0 Å². The van der Waals surface area contributed by atoms with Crippen molar-refractivity contribution in [3.8, 4) is 62.5 Å². The second-order valence-corrected chi connectivity index (χ2v) is 15.4. The normalized spacial score (nSPS) is 11.1. The highest BCUT2D eigenvalue weighted by Gasteiger charge is 2.20. The van der Waals surface area contributed by atoms with Crippen LogP contribution in [0, 0.1) is 31.0 Å². The van der Waals surface area contributed by atoms with Crippen LogP contribution in [0.3, 0.4) is 0 Å². The summed E-state index contributed by atoms with van der Waals surface area (Å²) in [4.78, 5) is 21.1. The third-order valence-corrected chi connectivity index (χ3v) is 11.8. The van der Waals surface area contributed by atoms with Gasteiger partial charge in [-0.15, -0.1) is 0 Å².